The zero-order valence-electron chi connectivity index (χ0n) is 46.5. The maximum Gasteiger partial charge on any atom is 0.0725 e. The highest BCUT2D eigenvalue weighted by molar-refractivity contribution is 6.00. The molecule has 8 aromatic carbocycles. The number of hydrogen-bond donors (Lipinski definition) is 0. The van der Waals surface area contributed by atoms with Gasteiger partial charge >= 0.3 is 0 Å². The van der Waals surface area contributed by atoms with Gasteiger partial charge in [-0.2, -0.15) is 0 Å². The molecule has 7 aliphatic rings. The van der Waals surface area contributed by atoms with Gasteiger partial charge in [0.2, 0.25) is 0 Å². The third kappa shape index (κ3) is 6.22. The number of hydrogen-bond acceptors (Lipinski definition) is 0. The van der Waals surface area contributed by atoms with E-state index < -0.39 is 10.8 Å². The SMILES string of the molecule is Cc1ccc2c(c1)C1(c3ccccc3-c3ccc(C4c5ccccc5C(c5ccc6c(c5)C5(C7=C6C=CCC7)c6cc(C(C)(C)C)ccc6-c6ccc(C(C)(C)C)cc65)=C5C=CC=CC54)cc31)c1cc(C(C)(C)C)ccc1-2. The van der Waals surface area contributed by atoms with Crippen LogP contribution in [-0.2, 0) is 27.1 Å². The van der Waals surface area contributed by atoms with Gasteiger partial charge in [-0.05, 0) is 181 Å². The van der Waals surface area contributed by atoms with Crippen molar-refractivity contribution in [2.75, 3.05) is 0 Å². The molecule has 0 aliphatic heterocycles. The Morgan fingerprint density at radius 2 is 0.948 bits per heavy atom. The van der Waals surface area contributed by atoms with E-state index in [-0.39, 0.29) is 28.1 Å². The van der Waals surface area contributed by atoms with Crippen molar-refractivity contribution in [3.8, 4) is 33.4 Å². The van der Waals surface area contributed by atoms with Crippen molar-refractivity contribution in [3.05, 3.63) is 294 Å². The molecule has 15 rings (SSSR count). The lowest BCUT2D eigenvalue weighted by Crippen LogP contribution is -2.29. The van der Waals surface area contributed by atoms with Crippen LogP contribution >= 0.6 is 0 Å². The van der Waals surface area contributed by atoms with Crippen LogP contribution in [0.4, 0.5) is 0 Å². The van der Waals surface area contributed by atoms with E-state index in [4.69, 9.17) is 0 Å². The molecule has 77 heavy (non-hydrogen) atoms. The van der Waals surface area contributed by atoms with Gasteiger partial charge in [-0.25, -0.2) is 0 Å². The lowest BCUT2D eigenvalue weighted by molar-refractivity contribution is 0.585. The molecule has 0 amide bonds. The molecule has 8 aromatic rings. The summed E-state index contributed by atoms with van der Waals surface area (Å²) in [7, 11) is 0. The van der Waals surface area contributed by atoms with Crippen LogP contribution in [0.2, 0.25) is 0 Å². The molecular weight excluding hydrogens is 925 g/mol. The number of fused-ring (bicyclic) bond motifs is 21. The van der Waals surface area contributed by atoms with Gasteiger partial charge in [0.15, 0.2) is 0 Å². The Morgan fingerprint density at radius 3 is 1.60 bits per heavy atom. The lowest BCUT2D eigenvalue weighted by Gasteiger charge is -2.38. The predicted octanol–water partition coefficient (Wildman–Crippen LogP) is 19.4. The predicted molar refractivity (Wildman–Crippen MR) is 323 cm³/mol. The summed E-state index contributed by atoms with van der Waals surface area (Å²) in [6.45, 7) is 23.6. The van der Waals surface area contributed by atoms with E-state index in [1.807, 2.05) is 0 Å². The first-order valence-corrected chi connectivity index (χ1v) is 28.5. The van der Waals surface area contributed by atoms with Gasteiger partial charge in [0, 0.05) is 11.8 Å². The minimum Gasteiger partial charge on any atom is -0.0836 e. The van der Waals surface area contributed by atoms with Crippen molar-refractivity contribution in [1.29, 1.82) is 0 Å². The highest BCUT2D eigenvalue weighted by Crippen LogP contribution is 2.67. The standard InChI is InChI=1S/C77H68/c1-45-27-33-53-56-36-30-48(73(2,3)4)42-68(56)76(65(53)39-45)63-25-17-15-19-51(63)54-34-28-46(40-66(54)76)71-59-21-11-13-23-61(59)72(62-24-14-12-22-60(62)71)47-29-35-55-52-20-16-18-26-64(52)77(67(55)41-47)69-43-49(74(5,6)7)31-37-57(69)58-38-32-50(44-70(58)77)75(8,9)10/h11-17,19-25,27-44,59,71H,18,26H2,1-10H3. The van der Waals surface area contributed by atoms with Crippen LogP contribution in [0, 0.1) is 12.8 Å². The summed E-state index contributed by atoms with van der Waals surface area (Å²) in [6.07, 6.45) is 16.5. The van der Waals surface area contributed by atoms with E-state index in [1.54, 1.807) is 5.57 Å². The van der Waals surface area contributed by atoms with E-state index in [0.29, 0.717) is 0 Å². The number of aryl methyl sites for hydroxylation is 1. The summed E-state index contributed by atoms with van der Waals surface area (Å²) in [5.74, 6) is 0.241. The Labute approximate surface area is 457 Å². The van der Waals surface area contributed by atoms with Crippen LogP contribution in [-0.4, -0.2) is 0 Å². The number of rotatable bonds is 2. The first-order chi connectivity index (χ1) is 37.0. The third-order valence-electron chi connectivity index (χ3n) is 19.4. The van der Waals surface area contributed by atoms with Gasteiger partial charge < -0.3 is 0 Å². The van der Waals surface area contributed by atoms with Crippen LogP contribution in [0.15, 0.2) is 205 Å². The zero-order valence-corrected chi connectivity index (χ0v) is 46.5. The summed E-state index contributed by atoms with van der Waals surface area (Å²) in [5, 5.41) is 0. The monoisotopic (exact) mass is 993 g/mol. The Hall–Kier alpha value is -7.54. The molecule has 3 atom stereocenters. The third-order valence-corrected chi connectivity index (χ3v) is 19.4. The van der Waals surface area contributed by atoms with E-state index in [1.165, 1.54) is 139 Å². The van der Waals surface area contributed by atoms with Crippen molar-refractivity contribution in [2.45, 2.75) is 115 Å². The average Bonchev–Trinajstić information content (AvgIpc) is 3.73. The molecule has 0 bridgehead atoms. The molecule has 2 spiro atoms. The van der Waals surface area contributed by atoms with Crippen LogP contribution in [0.5, 0.6) is 0 Å². The largest absolute Gasteiger partial charge is 0.0836 e. The van der Waals surface area contributed by atoms with Crippen LogP contribution in [0.25, 0.3) is 44.5 Å². The van der Waals surface area contributed by atoms with E-state index in [0.717, 1.165) is 12.8 Å². The maximum absolute atomic E-state index is 2.66. The van der Waals surface area contributed by atoms with Crippen molar-refractivity contribution in [2.24, 2.45) is 5.92 Å². The van der Waals surface area contributed by atoms with Crippen molar-refractivity contribution < 1.29 is 0 Å². The molecule has 0 saturated carbocycles. The fourth-order valence-corrected chi connectivity index (χ4v) is 15.7. The zero-order chi connectivity index (χ0) is 52.7. The summed E-state index contributed by atoms with van der Waals surface area (Å²) in [4.78, 5) is 0. The van der Waals surface area contributed by atoms with Gasteiger partial charge in [0.1, 0.15) is 0 Å². The first kappa shape index (κ1) is 46.7. The van der Waals surface area contributed by atoms with E-state index in [2.05, 4.69) is 263 Å². The van der Waals surface area contributed by atoms with Crippen molar-refractivity contribution in [1.82, 2.24) is 0 Å². The minimum absolute atomic E-state index is 0.000793. The van der Waals surface area contributed by atoms with Gasteiger partial charge in [0.05, 0.1) is 10.8 Å². The summed E-state index contributed by atoms with van der Waals surface area (Å²) in [6, 6.07) is 63.6. The number of allylic oxidation sites excluding steroid dienone is 9. The Balaban J connectivity index is 0.948. The first-order valence-electron chi connectivity index (χ1n) is 28.5. The highest BCUT2D eigenvalue weighted by Gasteiger charge is 2.55. The van der Waals surface area contributed by atoms with E-state index in [9.17, 15) is 0 Å². The van der Waals surface area contributed by atoms with Gasteiger partial charge in [-0.3, -0.25) is 0 Å². The fourth-order valence-electron chi connectivity index (χ4n) is 15.7. The normalized spacial score (nSPS) is 20.4. The van der Waals surface area contributed by atoms with Crippen molar-refractivity contribution >= 4 is 11.1 Å². The topological polar surface area (TPSA) is 0 Å². The molecule has 7 aliphatic carbocycles. The lowest BCUT2D eigenvalue weighted by atomic mass is 9.64. The van der Waals surface area contributed by atoms with Crippen LogP contribution < -0.4 is 0 Å². The molecule has 0 heterocycles. The summed E-state index contributed by atoms with van der Waals surface area (Å²) < 4.78 is 0. The molecule has 3 unspecified atom stereocenters. The average molecular weight is 993 g/mol. The molecule has 0 aromatic heterocycles. The van der Waals surface area contributed by atoms with Gasteiger partial charge in [-0.1, -0.05) is 256 Å². The Morgan fingerprint density at radius 1 is 0.429 bits per heavy atom. The minimum atomic E-state index is -0.443. The fraction of sp³-hybridized carbons (Fsp3) is 0.247. The molecule has 0 radical (unpaired) electrons. The molecule has 0 heteroatoms. The second-order valence-corrected chi connectivity index (χ2v) is 26.7. The van der Waals surface area contributed by atoms with Gasteiger partial charge in [0.25, 0.3) is 0 Å². The summed E-state index contributed by atoms with van der Waals surface area (Å²) in [5.41, 5.74) is 35.3. The molecule has 0 saturated heterocycles. The highest BCUT2D eigenvalue weighted by atomic mass is 14.6. The maximum atomic E-state index is 2.66. The van der Waals surface area contributed by atoms with Crippen LogP contribution in [0.1, 0.15) is 170 Å². The van der Waals surface area contributed by atoms with Gasteiger partial charge in [-0.15, -0.1) is 0 Å². The Bertz CT molecular complexity index is 4040. The number of benzene rings is 8. The quantitative estimate of drug-likeness (QED) is 0.162. The molecular formula is C77H68. The van der Waals surface area contributed by atoms with E-state index >= 15 is 0 Å². The molecule has 0 fully saturated rings. The summed E-state index contributed by atoms with van der Waals surface area (Å²) >= 11 is 0. The molecule has 0 nitrogen and oxygen atoms in total. The van der Waals surface area contributed by atoms with Crippen LogP contribution in [0.3, 0.4) is 0 Å². The molecule has 376 valence electrons. The second kappa shape index (κ2) is 15.8. The smallest absolute Gasteiger partial charge is 0.0725 e. The molecule has 0 N–H and O–H groups in total. The van der Waals surface area contributed by atoms with Crippen molar-refractivity contribution in [3.63, 3.8) is 0 Å². The Kier molecular flexibility index (Phi) is 9.58. The second-order valence-electron chi connectivity index (χ2n) is 26.7.